The Morgan fingerprint density at radius 1 is 1.14 bits per heavy atom. The number of halogens is 3. The fourth-order valence-corrected chi connectivity index (χ4v) is 2.98. The van der Waals surface area contributed by atoms with Crippen LogP contribution in [0, 0.1) is 5.82 Å². The number of hydrogen-bond donors (Lipinski definition) is 1. The van der Waals surface area contributed by atoms with Gasteiger partial charge in [-0.25, -0.2) is 4.39 Å². The number of hydrogen-bond acceptors (Lipinski definition) is 2. The molecule has 21 heavy (non-hydrogen) atoms. The normalized spacial score (nSPS) is 12.2. The standard InChI is InChI=1S/C16H16Br2FNO/c1-2-5-21-15-4-3-10(8-14(15)18)16(20)11-6-12(17)9-13(19)7-11/h3-4,6-9,16H,2,5,20H2,1H3. The van der Waals surface area contributed by atoms with Crippen LogP contribution in [0.25, 0.3) is 0 Å². The maximum absolute atomic E-state index is 13.5. The first-order valence-electron chi connectivity index (χ1n) is 6.65. The van der Waals surface area contributed by atoms with E-state index >= 15 is 0 Å². The summed E-state index contributed by atoms with van der Waals surface area (Å²) in [6, 6.07) is 9.98. The molecule has 0 radical (unpaired) electrons. The van der Waals surface area contributed by atoms with Crippen LogP contribution in [0.4, 0.5) is 4.39 Å². The van der Waals surface area contributed by atoms with Gasteiger partial charge in [0, 0.05) is 4.47 Å². The van der Waals surface area contributed by atoms with Crippen molar-refractivity contribution in [2.24, 2.45) is 5.73 Å². The molecule has 2 aromatic rings. The highest BCUT2D eigenvalue weighted by atomic mass is 79.9. The third kappa shape index (κ3) is 4.28. The van der Waals surface area contributed by atoms with E-state index in [4.69, 9.17) is 10.5 Å². The maximum Gasteiger partial charge on any atom is 0.133 e. The van der Waals surface area contributed by atoms with Gasteiger partial charge in [0.05, 0.1) is 17.1 Å². The van der Waals surface area contributed by atoms with Crippen molar-refractivity contribution >= 4 is 31.9 Å². The summed E-state index contributed by atoms with van der Waals surface area (Å²) in [6.07, 6.45) is 0.949. The SMILES string of the molecule is CCCOc1ccc(C(N)c2cc(F)cc(Br)c2)cc1Br. The molecule has 0 aliphatic rings. The molecule has 2 nitrogen and oxygen atoms in total. The molecular weight excluding hydrogens is 401 g/mol. The van der Waals surface area contributed by atoms with Crippen molar-refractivity contribution in [1.82, 2.24) is 0 Å². The molecule has 0 saturated heterocycles. The molecule has 0 saturated carbocycles. The average molecular weight is 417 g/mol. The fourth-order valence-electron chi connectivity index (χ4n) is 1.99. The topological polar surface area (TPSA) is 35.2 Å². The number of nitrogens with two attached hydrogens (primary N) is 1. The van der Waals surface area contributed by atoms with E-state index < -0.39 is 6.04 Å². The lowest BCUT2D eigenvalue weighted by Crippen LogP contribution is -2.12. The lowest BCUT2D eigenvalue weighted by atomic mass is 9.99. The van der Waals surface area contributed by atoms with E-state index in [2.05, 4.69) is 38.8 Å². The summed E-state index contributed by atoms with van der Waals surface area (Å²) in [5.74, 6) is 0.477. The molecule has 112 valence electrons. The summed E-state index contributed by atoms with van der Waals surface area (Å²) >= 11 is 6.77. The Bertz CT molecular complexity index is 613. The second-order valence-electron chi connectivity index (χ2n) is 4.72. The van der Waals surface area contributed by atoms with Gasteiger partial charge in [-0.15, -0.1) is 0 Å². The molecule has 2 aromatic carbocycles. The molecule has 5 heteroatoms. The van der Waals surface area contributed by atoms with Gasteiger partial charge >= 0.3 is 0 Å². The molecule has 1 atom stereocenters. The van der Waals surface area contributed by atoms with Gasteiger partial charge in [-0.05, 0) is 63.8 Å². The zero-order valence-electron chi connectivity index (χ0n) is 11.6. The number of ether oxygens (including phenoxy) is 1. The van der Waals surface area contributed by atoms with Crippen LogP contribution >= 0.6 is 31.9 Å². The van der Waals surface area contributed by atoms with Crippen LogP contribution in [0.5, 0.6) is 5.75 Å². The molecule has 1 unspecified atom stereocenters. The van der Waals surface area contributed by atoms with Gasteiger partial charge in [0.2, 0.25) is 0 Å². The quantitative estimate of drug-likeness (QED) is 0.727. The van der Waals surface area contributed by atoms with Crippen LogP contribution in [0.3, 0.4) is 0 Å². The molecule has 0 aromatic heterocycles. The molecule has 0 fully saturated rings. The molecule has 0 bridgehead atoms. The van der Waals surface area contributed by atoms with Crippen LogP contribution in [0.15, 0.2) is 45.3 Å². The Morgan fingerprint density at radius 2 is 1.90 bits per heavy atom. The molecule has 0 aliphatic heterocycles. The lowest BCUT2D eigenvalue weighted by molar-refractivity contribution is 0.315. The fraction of sp³-hybridized carbons (Fsp3) is 0.250. The first-order chi connectivity index (χ1) is 10.0. The molecule has 0 heterocycles. The van der Waals surface area contributed by atoms with E-state index in [0.29, 0.717) is 11.1 Å². The Kier molecular flexibility index (Phi) is 5.79. The number of benzene rings is 2. The van der Waals surface area contributed by atoms with E-state index in [9.17, 15) is 4.39 Å². The first kappa shape index (κ1) is 16.5. The van der Waals surface area contributed by atoms with Crippen LogP contribution in [-0.2, 0) is 0 Å². The monoisotopic (exact) mass is 415 g/mol. The molecule has 0 spiro atoms. The van der Waals surface area contributed by atoms with Gasteiger partial charge in [0.15, 0.2) is 0 Å². The average Bonchev–Trinajstić information content (AvgIpc) is 2.44. The van der Waals surface area contributed by atoms with Gasteiger partial charge in [-0.2, -0.15) is 0 Å². The largest absolute Gasteiger partial charge is 0.492 e. The zero-order valence-corrected chi connectivity index (χ0v) is 14.7. The highest BCUT2D eigenvalue weighted by Crippen LogP contribution is 2.31. The second-order valence-corrected chi connectivity index (χ2v) is 6.49. The zero-order chi connectivity index (χ0) is 15.4. The van der Waals surface area contributed by atoms with E-state index in [1.165, 1.54) is 12.1 Å². The first-order valence-corrected chi connectivity index (χ1v) is 8.23. The van der Waals surface area contributed by atoms with Crippen molar-refractivity contribution in [3.05, 3.63) is 62.3 Å². The highest BCUT2D eigenvalue weighted by molar-refractivity contribution is 9.10. The van der Waals surface area contributed by atoms with Gasteiger partial charge in [-0.1, -0.05) is 28.9 Å². The minimum absolute atomic E-state index is 0.309. The Hall–Kier alpha value is -0.910. The van der Waals surface area contributed by atoms with Crippen LogP contribution in [0.2, 0.25) is 0 Å². The van der Waals surface area contributed by atoms with E-state index in [1.807, 2.05) is 24.3 Å². The predicted octanol–water partition coefficient (Wildman–Crippen LogP) is 5.19. The predicted molar refractivity (Wildman–Crippen MR) is 90.1 cm³/mol. The summed E-state index contributed by atoms with van der Waals surface area (Å²) in [4.78, 5) is 0. The summed E-state index contributed by atoms with van der Waals surface area (Å²) in [5, 5.41) is 0. The lowest BCUT2D eigenvalue weighted by Gasteiger charge is -2.15. The van der Waals surface area contributed by atoms with Crippen LogP contribution in [0.1, 0.15) is 30.5 Å². The van der Waals surface area contributed by atoms with Crippen molar-refractivity contribution in [2.45, 2.75) is 19.4 Å². The third-order valence-electron chi connectivity index (χ3n) is 3.02. The highest BCUT2D eigenvalue weighted by Gasteiger charge is 2.13. The molecule has 0 amide bonds. The van der Waals surface area contributed by atoms with Crippen LogP contribution in [-0.4, -0.2) is 6.61 Å². The van der Waals surface area contributed by atoms with E-state index in [1.54, 1.807) is 0 Å². The Labute approximate surface area is 140 Å². The smallest absolute Gasteiger partial charge is 0.133 e. The molecule has 2 N–H and O–H groups in total. The van der Waals surface area contributed by atoms with E-state index in [-0.39, 0.29) is 5.82 Å². The van der Waals surface area contributed by atoms with Crippen molar-refractivity contribution in [2.75, 3.05) is 6.61 Å². The second kappa shape index (κ2) is 7.38. The summed E-state index contributed by atoms with van der Waals surface area (Å²) in [5.41, 5.74) is 7.83. The summed E-state index contributed by atoms with van der Waals surface area (Å²) in [6.45, 7) is 2.72. The van der Waals surface area contributed by atoms with Gasteiger partial charge in [-0.3, -0.25) is 0 Å². The van der Waals surface area contributed by atoms with Crippen LogP contribution < -0.4 is 10.5 Å². The van der Waals surface area contributed by atoms with Gasteiger partial charge in [0.25, 0.3) is 0 Å². The molecule has 0 aliphatic carbocycles. The van der Waals surface area contributed by atoms with Crippen molar-refractivity contribution in [3.63, 3.8) is 0 Å². The van der Waals surface area contributed by atoms with Crippen molar-refractivity contribution < 1.29 is 9.13 Å². The summed E-state index contributed by atoms with van der Waals surface area (Å²) < 4.78 is 20.6. The maximum atomic E-state index is 13.5. The van der Waals surface area contributed by atoms with Crippen molar-refractivity contribution in [1.29, 1.82) is 0 Å². The van der Waals surface area contributed by atoms with Gasteiger partial charge in [0.1, 0.15) is 11.6 Å². The van der Waals surface area contributed by atoms with Crippen molar-refractivity contribution in [3.8, 4) is 5.75 Å². The number of rotatable bonds is 5. The minimum Gasteiger partial charge on any atom is -0.492 e. The van der Waals surface area contributed by atoms with E-state index in [0.717, 1.165) is 27.8 Å². The minimum atomic E-state index is -0.395. The molecule has 2 rings (SSSR count). The Balaban J connectivity index is 2.26. The molecular formula is C16H16Br2FNO. The van der Waals surface area contributed by atoms with Gasteiger partial charge < -0.3 is 10.5 Å². The Morgan fingerprint density at radius 3 is 2.52 bits per heavy atom. The third-order valence-corrected chi connectivity index (χ3v) is 4.10. The summed E-state index contributed by atoms with van der Waals surface area (Å²) in [7, 11) is 0.